The number of piperidine rings is 1. The number of carbonyl (C=O) groups excluding carboxylic acids is 1. The van der Waals surface area contributed by atoms with E-state index in [1.54, 1.807) is 17.3 Å². The van der Waals surface area contributed by atoms with Gasteiger partial charge >= 0.3 is 0 Å². The van der Waals surface area contributed by atoms with E-state index in [-0.39, 0.29) is 30.9 Å². The molecule has 132 valence electrons. The van der Waals surface area contributed by atoms with E-state index >= 15 is 0 Å². The molecular weight excluding hydrogens is 325 g/mol. The van der Waals surface area contributed by atoms with Gasteiger partial charge in [0, 0.05) is 24.8 Å². The highest BCUT2D eigenvalue weighted by Gasteiger charge is 2.46. The summed E-state index contributed by atoms with van der Waals surface area (Å²) in [7, 11) is 0. The van der Waals surface area contributed by atoms with Gasteiger partial charge in [0.05, 0.1) is 19.4 Å². The molecule has 0 saturated carbocycles. The third-order valence-electron chi connectivity index (χ3n) is 5.13. The molecule has 2 aliphatic rings. The maximum Gasteiger partial charge on any atom is 0.259 e. The van der Waals surface area contributed by atoms with Gasteiger partial charge in [-0.3, -0.25) is 9.89 Å². The molecule has 7 heteroatoms. The molecule has 0 radical (unpaired) electrons. The number of hydrogen-bond acceptors (Lipinski definition) is 4. The van der Waals surface area contributed by atoms with Crippen molar-refractivity contribution in [3.8, 4) is 11.1 Å². The molecule has 3 heterocycles. The number of nitrogens with zero attached hydrogens (tertiary/aromatic N) is 2. The summed E-state index contributed by atoms with van der Waals surface area (Å²) in [4.78, 5) is 14.0. The first-order chi connectivity index (χ1) is 12.1. The Kier molecular flexibility index (Phi) is 4.05. The van der Waals surface area contributed by atoms with E-state index in [1.165, 1.54) is 6.07 Å². The number of nitrogens with one attached hydrogen (secondary N) is 1. The largest absolute Gasteiger partial charge is 0.376 e. The van der Waals surface area contributed by atoms with Crippen LogP contribution in [0.5, 0.6) is 0 Å². The zero-order chi connectivity index (χ0) is 17.4. The van der Waals surface area contributed by atoms with Gasteiger partial charge in [0.25, 0.3) is 5.91 Å². The third-order valence-corrected chi connectivity index (χ3v) is 5.13. The van der Waals surface area contributed by atoms with Crippen LogP contribution in [-0.4, -0.2) is 58.0 Å². The predicted molar refractivity (Wildman–Crippen MR) is 88.3 cm³/mol. The predicted octanol–water partition coefficient (Wildman–Crippen LogP) is 1.68. The lowest BCUT2D eigenvalue weighted by molar-refractivity contribution is -0.200. The number of rotatable bonds is 3. The van der Waals surface area contributed by atoms with Crippen molar-refractivity contribution in [2.24, 2.45) is 0 Å². The monoisotopic (exact) mass is 345 g/mol. The number of benzene rings is 1. The summed E-state index contributed by atoms with van der Waals surface area (Å²) in [5, 5.41) is 16.7. The van der Waals surface area contributed by atoms with E-state index in [0.29, 0.717) is 31.5 Å². The van der Waals surface area contributed by atoms with Gasteiger partial charge in [0.15, 0.2) is 5.60 Å². The highest BCUT2D eigenvalue weighted by atomic mass is 19.1. The zero-order valence-corrected chi connectivity index (χ0v) is 13.7. The summed E-state index contributed by atoms with van der Waals surface area (Å²) >= 11 is 0. The van der Waals surface area contributed by atoms with Gasteiger partial charge in [0.1, 0.15) is 5.82 Å². The topological polar surface area (TPSA) is 78.5 Å². The van der Waals surface area contributed by atoms with E-state index in [4.69, 9.17) is 4.74 Å². The number of amides is 1. The molecule has 0 bridgehead atoms. The lowest BCUT2D eigenvalue weighted by atomic mass is 9.87. The minimum absolute atomic E-state index is 0.0653. The third kappa shape index (κ3) is 2.94. The number of likely N-dealkylation sites (tertiary alicyclic amines) is 1. The fourth-order valence-electron chi connectivity index (χ4n) is 3.55. The second-order valence-electron chi connectivity index (χ2n) is 6.81. The quantitative estimate of drug-likeness (QED) is 0.887. The maximum atomic E-state index is 14.6. The molecule has 1 aromatic heterocycles. The average molecular weight is 345 g/mol. The molecule has 0 unspecified atom stereocenters. The van der Waals surface area contributed by atoms with Gasteiger partial charge < -0.3 is 14.7 Å². The fraction of sp³-hybridized carbons (Fsp3) is 0.444. The van der Waals surface area contributed by atoms with Crippen LogP contribution in [0.25, 0.3) is 11.1 Å². The van der Waals surface area contributed by atoms with Gasteiger partial charge in [-0.2, -0.15) is 5.10 Å². The summed E-state index contributed by atoms with van der Waals surface area (Å²) < 4.78 is 19.5. The van der Waals surface area contributed by atoms with Crippen LogP contribution in [0.2, 0.25) is 0 Å². The molecule has 0 spiro atoms. The molecule has 2 aliphatic heterocycles. The Bertz CT molecular complexity index is 766. The SMILES string of the molecule is O=C(N1CCC(c2ccc(-c3cn[nH]c3)cc2F)CC1)C1(O)COC1. The first-order valence-electron chi connectivity index (χ1n) is 8.45. The highest BCUT2D eigenvalue weighted by Crippen LogP contribution is 2.33. The summed E-state index contributed by atoms with van der Waals surface area (Å²) in [6, 6.07) is 5.26. The minimum Gasteiger partial charge on any atom is -0.376 e. The first-order valence-corrected chi connectivity index (χ1v) is 8.45. The lowest BCUT2D eigenvalue weighted by Gasteiger charge is -2.41. The van der Waals surface area contributed by atoms with Crippen LogP contribution in [-0.2, 0) is 9.53 Å². The van der Waals surface area contributed by atoms with Crippen molar-refractivity contribution in [2.45, 2.75) is 24.4 Å². The number of carbonyl (C=O) groups is 1. The Labute approximate surface area is 144 Å². The van der Waals surface area contributed by atoms with E-state index < -0.39 is 5.60 Å². The Balaban J connectivity index is 1.43. The number of hydrogen-bond donors (Lipinski definition) is 2. The Hall–Kier alpha value is -2.25. The number of halogens is 1. The van der Waals surface area contributed by atoms with Crippen molar-refractivity contribution in [3.63, 3.8) is 0 Å². The van der Waals surface area contributed by atoms with Crippen molar-refractivity contribution in [3.05, 3.63) is 42.0 Å². The van der Waals surface area contributed by atoms with Crippen LogP contribution in [0.3, 0.4) is 0 Å². The first kappa shape index (κ1) is 16.2. The summed E-state index contributed by atoms with van der Waals surface area (Å²) in [5.74, 6) is -0.419. The van der Waals surface area contributed by atoms with Crippen molar-refractivity contribution >= 4 is 5.91 Å². The number of aromatic nitrogens is 2. The smallest absolute Gasteiger partial charge is 0.259 e. The Morgan fingerprint density at radius 3 is 2.64 bits per heavy atom. The van der Waals surface area contributed by atoms with Gasteiger partial charge in [0.2, 0.25) is 0 Å². The molecule has 2 N–H and O–H groups in total. The average Bonchev–Trinajstić information content (AvgIpc) is 3.14. The molecule has 1 aromatic carbocycles. The maximum absolute atomic E-state index is 14.6. The van der Waals surface area contributed by atoms with Crippen LogP contribution < -0.4 is 0 Å². The summed E-state index contributed by atoms with van der Waals surface area (Å²) in [6.45, 7) is 1.18. The van der Waals surface area contributed by atoms with Crippen LogP contribution >= 0.6 is 0 Å². The van der Waals surface area contributed by atoms with Crippen LogP contribution in [0.1, 0.15) is 24.3 Å². The normalized spacial score (nSPS) is 20.3. The van der Waals surface area contributed by atoms with Crippen LogP contribution in [0, 0.1) is 5.82 Å². The molecule has 0 aliphatic carbocycles. The van der Waals surface area contributed by atoms with Gasteiger partial charge in [-0.25, -0.2) is 4.39 Å². The van der Waals surface area contributed by atoms with Crippen LogP contribution in [0.4, 0.5) is 4.39 Å². The van der Waals surface area contributed by atoms with Gasteiger partial charge in [-0.1, -0.05) is 12.1 Å². The molecule has 25 heavy (non-hydrogen) atoms. The molecule has 4 rings (SSSR count). The molecule has 6 nitrogen and oxygen atoms in total. The van der Waals surface area contributed by atoms with Gasteiger partial charge in [-0.05, 0) is 36.0 Å². The molecular formula is C18H20FN3O3. The molecule has 1 amide bonds. The van der Waals surface area contributed by atoms with E-state index in [9.17, 15) is 14.3 Å². The Morgan fingerprint density at radius 2 is 2.08 bits per heavy atom. The molecule has 2 aromatic rings. The zero-order valence-electron chi connectivity index (χ0n) is 13.7. The lowest BCUT2D eigenvalue weighted by Crippen LogP contribution is -2.62. The Morgan fingerprint density at radius 1 is 1.32 bits per heavy atom. The van der Waals surface area contributed by atoms with Crippen molar-refractivity contribution in [1.82, 2.24) is 15.1 Å². The van der Waals surface area contributed by atoms with E-state index in [0.717, 1.165) is 11.1 Å². The minimum atomic E-state index is -1.36. The number of aromatic amines is 1. The highest BCUT2D eigenvalue weighted by molar-refractivity contribution is 5.86. The van der Waals surface area contributed by atoms with Crippen molar-refractivity contribution in [1.29, 1.82) is 0 Å². The van der Waals surface area contributed by atoms with Gasteiger partial charge in [-0.15, -0.1) is 0 Å². The van der Waals surface area contributed by atoms with E-state index in [2.05, 4.69) is 10.2 Å². The summed E-state index contributed by atoms with van der Waals surface area (Å²) in [6.07, 6.45) is 4.76. The standard InChI is InChI=1S/C18H20FN3O3/c19-16-7-13(14-8-20-21-9-14)1-2-15(16)12-3-5-22(6-4-12)17(23)18(24)10-25-11-18/h1-2,7-9,12,24H,3-6,10-11H2,(H,20,21). The molecule has 2 saturated heterocycles. The van der Waals surface area contributed by atoms with E-state index in [1.807, 2.05) is 12.1 Å². The number of H-pyrrole nitrogens is 1. The fourth-order valence-corrected chi connectivity index (χ4v) is 3.55. The summed E-state index contributed by atoms with van der Waals surface area (Å²) in [5.41, 5.74) is 0.964. The number of ether oxygens (including phenoxy) is 1. The van der Waals surface area contributed by atoms with Crippen molar-refractivity contribution in [2.75, 3.05) is 26.3 Å². The van der Waals surface area contributed by atoms with Crippen molar-refractivity contribution < 1.29 is 19.0 Å². The second kappa shape index (κ2) is 6.24. The van der Waals surface area contributed by atoms with Crippen LogP contribution in [0.15, 0.2) is 30.6 Å². The molecule has 2 fully saturated rings. The number of aliphatic hydroxyl groups is 1. The second-order valence-corrected chi connectivity index (χ2v) is 6.81. The molecule has 0 atom stereocenters.